The molecule has 0 saturated carbocycles. The van der Waals surface area contributed by atoms with Crippen LogP contribution in [0.15, 0.2) is 82.8 Å². The van der Waals surface area contributed by atoms with Crippen LogP contribution in [-0.2, 0) is 9.53 Å². The zero-order valence-electron chi connectivity index (χ0n) is 21.5. The van der Waals surface area contributed by atoms with Crippen molar-refractivity contribution in [2.75, 3.05) is 20.2 Å². The van der Waals surface area contributed by atoms with Gasteiger partial charge in [0.2, 0.25) is 0 Å². The molecule has 2 aromatic carbocycles. The van der Waals surface area contributed by atoms with Gasteiger partial charge in [0, 0.05) is 23.3 Å². The number of ether oxygens (including phenoxy) is 2. The maximum Gasteiger partial charge on any atom is 0.326 e. The van der Waals surface area contributed by atoms with Crippen LogP contribution in [0.4, 0.5) is 0 Å². The van der Waals surface area contributed by atoms with E-state index >= 15 is 0 Å². The lowest BCUT2D eigenvalue weighted by atomic mass is 10.2. The van der Waals surface area contributed by atoms with E-state index in [1.807, 2.05) is 51.1 Å². The standard InChI is InChI=1S/C16H20N4O2S2.C11H16O/c1-22-15(21)11-20(18)10-13(17)9-19-24-16-8-7-14(23-16)12-5-3-2-4-6-12;1-9-5-7-10(8-6-9)12-11(2,3)4/h2-8,10,19H,9,11,17-18H2,1H3;5-8H,1-4H3/b13-10-;. The van der Waals surface area contributed by atoms with E-state index in [9.17, 15) is 4.79 Å². The van der Waals surface area contributed by atoms with Crippen LogP contribution in [0.2, 0.25) is 0 Å². The number of hydrogen-bond donors (Lipinski definition) is 3. The number of nitrogens with one attached hydrogen (secondary N) is 1. The predicted molar refractivity (Wildman–Crippen MR) is 150 cm³/mol. The summed E-state index contributed by atoms with van der Waals surface area (Å²) in [6.45, 7) is 8.61. The molecule has 0 fully saturated rings. The Kier molecular flexibility index (Phi) is 11.8. The van der Waals surface area contributed by atoms with Gasteiger partial charge in [0.25, 0.3) is 0 Å². The molecule has 1 heterocycles. The van der Waals surface area contributed by atoms with Crippen molar-refractivity contribution in [1.82, 2.24) is 9.73 Å². The minimum absolute atomic E-state index is 0.0459. The van der Waals surface area contributed by atoms with Gasteiger partial charge in [0.15, 0.2) is 0 Å². The molecule has 0 aliphatic carbocycles. The molecule has 36 heavy (non-hydrogen) atoms. The molecule has 0 aliphatic heterocycles. The van der Waals surface area contributed by atoms with Crippen molar-refractivity contribution in [2.45, 2.75) is 37.5 Å². The van der Waals surface area contributed by atoms with E-state index in [-0.39, 0.29) is 12.1 Å². The second-order valence-corrected chi connectivity index (χ2v) is 11.2. The summed E-state index contributed by atoms with van der Waals surface area (Å²) in [5.74, 6) is 6.16. The summed E-state index contributed by atoms with van der Waals surface area (Å²) in [7, 11) is 1.31. The lowest BCUT2D eigenvalue weighted by Crippen LogP contribution is -2.33. The highest BCUT2D eigenvalue weighted by Crippen LogP contribution is 2.32. The molecular weight excluding hydrogens is 492 g/mol. The number of carbonyl (C=O) groups excluding carboxylic acids is 1. The van der Waals surface area contributed by atoms with Crippen LogP contribution in [0.1, 0.15) is 26.3 Å². The molecule has 5 N–H and O–H groups in total. The Balaban J connectivity index is 0.000000319. The third-order valence-electron chi connectivity index (χ3n) is 4.40. The molecule has 1 aromatic heterocycles. The topological polar surface area (TPSA) is 103 Å². The van der Waals surface area contributed by atoms with Crippen molar-refractivity contribution in [2.24, 2.45) is 11.6 Å². The molecule has 9 heteroatoms. The van der Waals surface area contributed by atoms with Crippen molar-refractivity contribution in [3.05, 3.63) is 84.2 Å². The van der Waals surface area contributed by atoms with Crippen molar-refractivity contribution < 1.29 is 14.3 Å². The summed E-state index contributed by atoms with van der Waals surface area (Å²) < 4.78 is 14.5. The van der Waals surface area contributed by atoms with Crippen LogP contribution in [0, 0.1) is 6.92 Å². The van der Waals surface area contributed by atoms with Crippen molar-refractivity contribution in [1.29, 1.82) is 0 Å². The summed E-state index contributed by atoms with van der Waals surface area (Å²) in [4.78, 5) is 12.3. The highest BCUT2D eigenvalue weighted by Gasteiger charge is 2.10. The zero-order valence-corrected chi connectivity index (χ0v) is 23.1. The zero-order chi connectivity index (χ0) is 26.6. The maximum atomic E-state index is 11.1. The van der Waals surface area contributed by atoms with Gasteiger partial charge in [0.05, 0.1) is 11.3 Å². The first-order valence-electron chi connectivity index (χ1n) is 11.4. The molecule has 3 aromatic rings. The SMILES string of the molecule is COC(=O)CN(N)/C=C(\N)CNSc1ccc(-c2ccccc2)s1.Cc1ccc(OC(C)(C)C)cc1. The van der Waals surface area contributed by atoms with Crippen LogP contribution in [0.5, 0.6) is 5.75 Å². The molecule has 7 nitrogen and oxygen atoms in total. The second kappa shape index (κ2) is 14.5. The number of rotatable bonds is 9. The minimum atomic E-state index is -0.420. The van der Waals surface area contributed by atoms with Gasteiger partial charge < -0.3 is 20.2 Å². The van der Waals surface area contributed by atoms with Gasteiger partial charge in [-0.1, -0.05) is 48.0 Å². The normalized spacial score (nSPS) is 11.3. The first kappa shape index (κ1) is 29.3. The Morgan fingerprint density at radius 1 is 1.08 bits per heavy atom. The molecule has 0 atom stereocenters. The number of benzene rings is 2. The Morgan fingerprint density at radius 3 is 2.36 bits per heavy atom. The third kappa shape index (κ3) is 11.6. The quantitative estimate of drug-likeness (QED) is 0.148. The lowest BCUT2D eigenvalue weighted by molar-refractivity contribution is -0.141. The molecule has 0 amide bonds. The van der Waals surface area contributed by atoms with Crippen LogP contribution >= 0.6 is 23.3 Å². The van der Waals surface area contributed by atoms with Gasteiger partial charge >= 0.3 is 5.97 Å². The first-order valence-corrected chi connectivity index (χ1v) is 13.0. The summed E-state index contributed by atoms with van der Waals surface area (Å²) >= 11 is 3.21. The monoisotopic (exact) mass is 528 g/mol. The molecule has 0 radical (unpaired) electrons. The second-order valence-electron chi connectivity index (χ2n) is 8.89. The highest BCUT2D eigenvalue weighted by atomic mass is 32.2. The fraction of sp³-hybridized carbons (Fsp3) is 0.296. The summed E-state index contributed by atoms with van der Waals surface area (Å²) in [6, 6.07) is 22.5. The van der Waals surface area contributed by atoms with Crippen LogP contribution < -0.4 is 21.0 Å². The van der Waals surface area contributed by atoms with E-state index in [1.54, 1.807) is 11.3 Å². The maximum absolute atomic E-state index is 11.1. The van der Waals surface area contributed by atoms with E-state index < -0.39 is 5.97 Å². The summed E-state index contributed by atoms with van der Waals surface area (Å²) in [5.41, 5.74) is 8.75. The number of aryl methyl sites for hydroxylation is 1. The van der Waals surface area contributed by atoms with Crippen molar-refractivity contribution in [3.63, 3.8) is 0 Å². The van der Waals surface area contributed by atoms with Gasteiger partial charge in [-0.15, -0.1) is 11.3 Å². The molecular formula is C27H36N4O3S2. The van der Waals surface area contributed by atoms with E-state index in [2.05, 4.69) is 52.8 Å². The molecule has 0 spiro atoms. The Labute approximate surface area is 222 Å². The van der Waals surface area contributed by atoms with Gasteiger partial charge in [-0.2, -0.15) is 0 Å². The van der Waals surface area contributed by atoms with Gasteiger partial charge in [-0.05, 0) is 69.5 Å². The molecule has 0 bridgehead atoms. The Hall–Kier alpha value is -2.98. The fourth-order valence-corrected chi connectivity index (χ4v) is 4.67. The van der Waals surface area contributed by atoms with Gasteiger partial charge in [-0.25, -0.2) is 5.84 Å². The molecule has 0 unspecified atom stereocenters. The smallest absolute Gasteiger partial charge is 0.326 e. The third-order valence-corrected chi connectivity index (χ3v) is 6.46. The van der Waals surface area contributed by atoms with Crippen molar-refractivity contribution >= 4 is 29.3 Å². The summed E-state index contributed by atoms with van der Waals surface area (Å²) in [6.07, 6.45) is 1.51. The number of esters is 1. The van der Waals surface area contributed by atoms with E-state index in [4.69, 9.17) is 16.3 Å². The van der Waals surface area contributed by atoms with E-state index in [1.165, 1.54) is 46.3 Å². The average Bonchev–Trinajstić information content (AvgIpc) is 3.29. The van der Waals surface area contributed by atoms with Gasteiger partial charge in [-0.3, -0.25) is 9.52 Å². The first-order chi connectivity index (χ1) is 17.1. The molecule has 0 saturated heterocycles. The molecule has 3 rings (SSSR count). The minimum Gasteiger partial charge on any atom is -0.488 e. The number of nitrogens with two attached hydrogens (primary N) is 2. The van der Waals surface area contributed by atoms with E-state index in [0.29, 0.717) is 12.2 Å². The van der Waals surface area contributed by atoms with Crippen LogP contribution in [0.25, 0.3) is 10.4 Å². The lowest BCUT2D eigenvalue weighted by Gasteiger charge is -2.21. The van der Waals surface area contributed by atoms with Crippen LogP contribution in [-0.4, -0.2) is 36.8 Å². The number of carbonyl (C=O) groups is 1. The fourth-order valence-electron chi connectivity index (χ4n) is 2.80. The largest absolute Gasteiger partial charge is 0.488 e. The average molecular weight is 529 g/mol. The Bertz CT molecular complexity index is 1090. The number of nitrogens with zero attached hydrogens (tertiary/aromatic N) is 1. The number of methoxy groups -OCH3 is 1. The molecule has 194 valence electrons. The van der Waals surface area contributed by atoms with Crippen LogP contribution in [0.3, 0.4) is 0 Å². The Morgan fingerprint density at radius 2 is 1.75 bits per heavy atom. The number of thiophene rings is 1. The highest BCUT2D eigenvalue weighted by molar-refractivity contribution is 7.99. The van der Waals surface area contributed by atoms with Crippen molar-refractivity contribution in [3.8, 4) is 16.2 Å². The van der Waals surface area contributed by atoms with E-state index in [0.717, 1.165) is 9.96 Å². The van der Waals surface area contributed by atoms with Gasteiger partial charge in [0.1, 0.15) is 17.9 Å². The number of hydrazine groups is 1. The molecule has 0 aliphatic rings. The number of hydrogen-bond acceptors (Lipinski definition) is 9. The predicted octanol–water partition coefficient (Wildman–Crippen LogP) is 5.33. The summed E-state index contributed by atoms with van der Waals surface area (Å²) in [5, 5.41) is 1.20.